The minimum absolute atomic E-state index is 0.234. The maximum atomic E-state index is 9.99. The lowest BCUT2D eigenvalue weighted by Crippen LogP contribution is -1.81. The van der Waals surface area contributed by atoms with E-state index < -0.39 is 0 Å². The second-order valence-corrected chi connectivity index (χ2v) is 4.37. The van der Waals surface area contributed by atoms with Crippen molar-refractivity contribution in [1.82, 2.24) is 0 Å². The van der Waals surface area contributed by atoms with Gasteiger partial charge < -0.3 is 0 Å². The van der Waals surface area contributed by atoms with Gasteiger partial charge in [-0.3, -0.25) is 4.79 Å². The summed E-state index contributed by atoms with van der Waals surface area (Å²) in [6.07, 6.45) is 1.76. The third kappa shape index (κ3) is 3.06. The van der Waals surface area contributed by atoms with Gasteiger partial charge in [-0.2, -0.15) is 0 Å². The molecule has 1 aromatic carbocycles. The molecule has 0 aromatic heterocycles. The Morgan fingerprint density at radius 3 is 2.38 bits per heavy atom. The first-order valence-electron chi connectivity index (χ1n) is 3.27. The molecule has 0 amide bonds. The third-order valence-corrected chi connectivity index (χ3v) is 3.32. The zero-order valence-corrected chi connectivity index (χ0v) is 9.40. The van der Waals surface area contributed by atoms with Crippen molar-refractivity contribution in [1.29, 1.82) is 0 Å². The number of hydrogen-bond acceptors (Lipinski definition) is 2. The van der Waals surface area contributed by atoms with E-state index in [2.05, 4.69) is 0 Å². The summed E-state index contributed by atoms with van der Waals surface area (Å²) < 4.78 is 0. The second kappa shape index (κ2) is 5.11. The van der Waals surface area contributed by atoms with Gasteiger partial charge in [0.2, 0.25) is 6.29 Å². The second-order valence-electron chi connectivity index (χ2n) is 2.13. The molecular formula is C8H4Cl3OS. The minimum atomic E-state index is 0.234. The van der Waals surface area contributed by atoms with Crippen LogP contribution in [0.4, 0.5) is 0 Å². The van der Waals surface area contributed by atoms with Crippen molar-refractivity contribution in [3.8, 4) is 0 Å². The standard InChI is InChI=1S/C8H4Cl3OS/c9-5-3-7(11)8(4-6(5)10)13-2-1-12/h3-4H,2H2. The Balaban J connectivity index is 2.94. The summed E-state index contributed by atoms with van der Waals surface area (Å²) in [5.41, 5.74) is 0. The van der Waals surface area contributed by atoms with Crippen LogP contribution in [0.5, 0.6) is 0 Å². The molecule has 0 aliphatic heterocycles. The van der Waals surface area contributed by atoms with Gasteiger partial charge in [0.15, 0.2) is 0 Å². The summed E-state index contributed by atoms with van der Waals surface area (Å²) in [4.78, 5) is 10.7. The van der Waals surface area contributed by atoms with E-state index in [1.54, 1.807) is 18.4 Å². The predicted octanol–water partition coefficient (Wildman–Crippen LogP) is 3.85. The highest BCUT2D eigenvalue weighted by molar-refractivity contribution is 8.00. The predicted molar refractivity (Wildman–Crippen MR) is 57.9 cm³/mol. The first-order chi connectivity index (χ1) is 6.15. The molecule has 0 unspecified atom stereocenters. The van der Waals surface area contributed by atoms with E-state index in [-0.39, 0.29) is 5.75 Å². The van der Waals surface area contributed by atoms with Gasteiger partial charge in [0.05, 0.1) is 20.8 Å². The summed E-state index contributed by atoms with van der Waals surface area (Å²) in [5.74, 6) is 0.234. The van der Waals surface area contributed by atoms with Crippen molar-refractivity contribution in [3.05, 3.63) is 27.2 Å². The quantitative estimate of drug-likeness (QED) is 0.602. The van der Waals surface area contributed by atoms with Crippen molar-refractivity contribution >= 4 is 52.9 Å². The normalized spacial score (nSPS) is 10.1. The van der Waals surface area contributed by atoms with Crippen molar-refractivity contribution < 1.29 is 4.79 Å². The molecule has 0 atom stereocenters. The fraction of sp³-hybridized carbons (Fsp3) is 0.125. The van der Waals surface area contributed by atoms with Gasteiger partial charge in [-0.05, 0) is 12.1 Å². The lowest BCUT2D eigenvalue weighted by atomic mass is 10.4. The molecule has 1 nitrogen and oxygen atoms in total. The molecule has 13 heavy (non-hydrogen) atoms. The molecular weight excluding hydrogens is 251 g/mol. The molecule has 0 aliphatic rings. The fourth-order valence-electron chi connectivity index (χ4n) is 0.722. The van der Waals surface area contributed by atoms with Crippen LogP contribution >= 0.6 is 46.6 Å². The summed E-state index contributed by atoms with van der Waals surface area (Å²) >= 11 is 18.6. The molecule has 5 heteroatoms. The van der Waals surface area contributed by atoms with Crippen LogP contribution in [0.25, 0.3) is 0 Å². The Kier molecular flexibility index (Phi) is 4.39. The van der Waals surface area contributed by atoms with E-state index in [1.165, 1.54) is 11.8 Å². The summed E-state index contributed by atoms with van der Waals surface area (Å²) in [6, 6.07) is 3.19. The highest BCUT2D eigenvalue weighted by Gasteiger charge is 2.05. The Morgan fingerprint density at radius 2 is 1.77 bits per heavy atom. The monoisotopic (exact) mass is 253 g/mol. The number of hydrogen-bond donors (Lipinski definition) is 0. The Morgan fingerprint density at radius 1 is 1.15 bits per heavy atom. The van der Waals surface area contributed by atoms with Crippen molar-refractivity contribution in [2.45, 2.75) is 4.90 Å². The molecule has 0 N–H and O–H groups in total. The first kappa shape index (κ1) is 11.2. The fourth-order valence-corrected chi connectivity index (χ4v) is 2.11. The largest absolute Gasteiger partial charge is 0.290 e. The molecule has 1 rings (SSSR count). The van der Waals surface area contributed by atoms with E-state index in [0.29, 0.717) is 15.1 Å². The molecule has 0 saturated heterocycles. The molecule has 0 heterocycles. The average molecular weight is 255 g/mol. The highest BCUT2D eigenvalue weighted by atomic mass is 35.5. The number of thioether (sulfide) groups is 1. The Hall–Kier alpha value is 0.110. The van der Waals surface area contributed by atoms with Crippen molar-refractivity contribution in [2.24, 2.45) is 0 Å². The van der Waals surface area contributed by atoms with Crippen LogP contribution in [0.1, 0.15) is 0 Å². The average Bonchev–Trinajstić information content (AvgIpc) is 2.09. The maximum absolute atomic E-state index is 9.99. The molecule has 0 bridgehead atoms. The van der Waals surface area contributed by atoms with E-state index in [9.17, 15) is 4.79 Å². The molecule has 0 saturated carbocycles. The topological polar surface area (TPSA) is 17.1 Å². The van der Waals surface area contributed by atoms with Crippen LogP contribution in [0, 0.1) is 0 Å². The molecule has 1 radical (unpaired) electrons. The summed E-state index contributed by atoms with van der Waals surface area (Å²) in [6.45, 7) is 0. The molecule has 0 spiro atoms. The van der Waals surface area contributed by atoms with Gasteiger partial charge in [0, 0.05) is 4.90 Å². The number of halogens is 3. The molecule has 0 fully saturated rings. The number of rotatable bonds is 3. The number of carbonyl (C=O) groups excluding carboxylic acids is 1. The SMILES string of the molecule is O=[C]CSc1cc(Cl)c(Cl)cc1Cl. The minimum Gasteiger partial charge on any atom is -0.290 e. The van der Waals surface area contributed by atoms with Crippen LogP contribution in [-0.4, -0.2) is 12.0 Å². The van der Waals surface area contributed by atoms with E-state index in [0.717, 1.165) is 4.90 Å². The van der Waals surface area contributed by atoms with Crippen LogP contribution in [0.3, 0.4) is 0 Å². The van der Waals surface area contributed by atoms with Crippen molar-refractivity contribution in [3.63, 3.8) is 0 Å². The van der Waals surface area contributed by atoms with Crippen molar-refractivity contribution in [2.75, 3.05) is 5.75 Å². The van der Waals surface area contributed by atoms with Gasteiger partial charge in [0.25, 0.3) is 0 Å². The Labute approximate surface area is 95.4 Å². The van der Waals surface area contributed by atoms with Gasteiger partial charge in [0.1, 0.15) is 0 Å². The zero-order chi connectivity index (χ0) is 9.84. The zero-order valence-electron chi connectivity index (χ0n) is 6.31. The number of benzene rings is 1. The van der Waals surface area contributed by atoms with Gasteiger partial charge in [-0.15, -0.1) is 11.8 Å². The maximum Gasteiger partial charge on any atom is 0.209 e. The van der Waals surface area contributed by atoms with Gasteiger partial charge >= 0.3 is 0 Å². The smallest absolute Gasteiger partial charge is 0.209 e. The molecule has 0 aliphatic carbocycles. The lowest BCUT2D eigenvalue weighted by Gasteiger charge is -2.03. The summed E-state index contributed by atoms with van der Waals surface area (Å²) in [7, 11) is 0. The first-order valence-corrected chi connectivity index (χ1v) is 5.39. The highest BCUT2D eigenvalue weighted by Crippen LogP contribution is 2.34. The van der Waals surface area contributed by atoms with E-state index in [4.69, 9.17) is 34.8 Å². The van der Waals surface area contributed by atoms with Crippen LogP contribution in [0.2, 0.25) is 15.1 Å². The van der Waals surface area contributed by atoms with E-state index >= 15 is 0 Å². The van der Waals surface area contributed by atoms with Crippen LogP contribution in [-0.2, 0) is 4.79 Å². The molecule has 1 aromatic rings. The Bertz CT molecular complexity index is 327. The third-order valence-electron chi connectivity index (χ3n) is 1.26. The van der Waals surface area contributed by atoms with Crippen LogP contribution in [0.15, 0.2) is 17.0 Å². The molecule has 69 valence electrons. The van der Waals surface area contributed by atoms with E-state index in [1.807, 2.05) is 0 Å². The van der Waals surface area contributed by atoms with Gasteiger partial charge in [-0.1, -0.05) is 34.8 Å². The lowest BCUT2D eigenvalue weighted by molar-refractivity contribution is 0.560. The van der Waals surface area contributed by atoms with Gasteiger partial charge in [-0.25, -0.2) is 0 Å². The van der Waals surface area contributed by atoms with Crippen LogP contribution < -0.4 is 0 Å². The summed E-state index contributed by atoms with van der Waals surface area (Å²) in [5, 5.41) is 1.33.